The van der Waals surface area contributed by atoms with Gasteiger partial charge in [-0.25, -0.2) is 0 Å². The summed E-state index contributed by atoms with van der Waals surface area (Å²) < 4.78 is 0. The van der Waals surface area contributed by atoms with Gasteiger partial charge < -0.3 is 0 Å². The molecular formula is C14H13ClN2O2. The van der Waals surface area contributed by atoms with Gasteiger partial charge in [-0.1, -0.05) is 23.8 Å². The van der Waals surface area contributed by atoms with E-state index in [4.69, 9.17) is 11.6 Å². The van der Waals surface area contributed by atoms with E-state index in [-0.39, 0.29) is 30.2 Å². The second-order valence-electron chi connectivity index (χ2n) is 4.89. The zero-order valence-corrected chi connectivity index (χ0v) is 11.0. The molecule has 0 bridgehead atoms. The number of aromatic nitrogens is 1. The Morgan fingerprint density at radius 1 is 1.16 bits per heavy atom. The molecule has 3 rings (SSSR count). The van der Waals surface area contributed by atoms with Crippen LogP contribution in [0, 0.1) is 11.8 Å². The van der Waals surface area contributed by atoms with Crippen LogP contribution < -0.4 is 0 Å². The lowest BCUT2D eigenvalue weighted by molar-refractivity contribution is -0.140. The minimum atomic E-state index is -0.176. The lowest BCUT2D eigenvalue weighted by Gasteiger charge is -2.14. The average molecular weight is 277 g/mol. The molecule has 0 aromatic carbocycles. The summed E-state index contributed by atoms with van der Waals surface area (Å²) in [6.07, 6.45) is 6.82. The molecule has 2 heterocycles. The number of carbonyl (C=O) groups is 2. The Balaban J connectivity index is 1.80. The molecule has 4 nitrogen and oxygen atoms in total. The van der Waals surface area contributed by atoms with Crippen LogP contribution in [0.25, 0.3) is 0 Å². The number of hydrogen-bond donors (Lipinski definition) is 0. The Bertz CT molecular complexity index is 527. The van der Waals surface area contributed by atoms with Crippen molar-refractivity contribution in [3.63, 3.8) is 0 Å². The van der Waals surface area contributed by atoms with Crippen molar-refractivity contribution in [2.45, 2.75) is 19.4 Å². The second kappa shape index (κ2) is 4.78. The standard InChI is InChI=1S/C14H13ClN2O2/c15-9-5-6-10(16-7-9)8-17-13(18)11-3-1-2-4-12(11)14(17)19/h1-2,5-7,11-12H,3-4,8H2. The summed E-state index contributed by atoms with van der Waals surface area (Å²) in [6.45, 7) is 0.238. The summed E-state index contributed by atoms with van der Waals surface area (Å²) in [7, 11) is 0. The van der Waals surface area contributed by atoms with Gasteiger partial charge in [-0.3, -0.25) is 19.5 Å². The third-order valence-corrected chi connectivity index (χ3v) is 3.93. The van der Waals surface area contributed by atoms with Gasteiger partial charge in [0.05, 0.1) is 29.1 Å². The third-order valence-electron chi connectivity index (χ3n) is 3.71. The van der Waals surface area contributed by atoms with Gasteiger partial charge in [-0.05, 0) is 25.0 Å². The molecule has 0 saturated carbocycles. The molecule has 0 N–H and O–H groups in total. The number of hydrogen-bond acceptors (Lipinski definition) is 3. The highest BCUT2D eigenvalue weighted by Crippen LogP contribution is 2.35. The van der Waals surface area contributed by atoms with Crippen LogP contribution in [0.3, 0.4) is 0 Å². The van der Waals surface area contributed by atoms with Crippen LogP contribution in [0.15, 0.2) is 30.5 Å². The number of likely N-dealkylation sites (tertiary alicyclic amines) is 1. The Labute approximate surface area is 116 Å². The lowest BCUT2D eigenvalue weighted by Crippen LogP contribution is -2.30. The number of halogens is 1. The van der Waals surface area contributed by atoms with Crippen molar-refractivity contribution in [2.75, 3.05) is 0 Å². The van der Waals surface area contributed by atoms with E-state index >= 15 is 0 Å². The van der Waals surface area contributed by atoms with E-state index in [9.17, 15) is 9.59 Å². The molecule has 1 aromatic rings. The molecule has 2 atom stereocenters. The zero-order valence-electron chi connectivity index (χ0n) is 10.3. The van der Waals surface area contributed by atoms with Crippen molar-refractivity contribution >= 4 is 23.4 Å². The Morgan fingerprint density at radius 3 is 2.32 bits per heavy atom. The Morgan fingerprint density at radius 2 is 1.79 bits per heavy atom. The van der Waals surface area contributed by atoms with E-state index in [0.29, 0.717) is 23.6 Å². The first-order chi connectivity index (χ1) is 9.16. The van der Waals surface area contributed by atoms with E-state index in [1.165, 1.54) is 11.1 Å². The number of rotatable bonds is 2. The molecule has 98 valence electrons. The largest absolute Gasteiger partial charge is 0.276 e. The minimum Gasteiger partial charge on any atom is -0.276 e. The second-order valence-corrected chi connectivity index (χ2v) is 5.32. The van der Waals surface area contributed by atoms with Crippen molar-refractivity contribution in [2.24, 2.45) is 11.8 Å². The first-order valence-electron chi connectivity index (χ1n) is 6.27. The molecule has 2 aliphatic rings. The van der Waals surface area contributed by atoms with Gasteiger partial charge in [-0.2, -0.15) is 0 Å². The number of imide groups is 1. The zero-order chi connectivity index (χ0) is 13.4. The average Bonchev–Trinajstić information content (AvgIpc) is 2.67. The van der Waals surface area contributed by atoms with Gasteiger partial charge in [0.2, 0.25) is 11.8 Å². The predicted octanol–water partition coefficient (Wildman–Crippen LogP) is 2.19. The third kappa shape index (κ3) is 2.16. The quantitative estimate of drug-likeness (QED) is 0.614. The Kier molecular flexibility index (Phi) is 3.11. The molecule has 19 heavy (non-hydrogen) atoms. The molecule has 0 radical (unpaired) electrons. The van der Waals surface area contributed by atoms with Gasteiger partial charge >= 0.3 is 0 Å². The highest BCUT2D eigenvalue weighted by atomic mass is 35.5. The number of amides is 2. The van der Waals surface area contributed by atoms with Crippen LogP contribution in [0.1, 0.15) is 18.5 Å². The molecule has 1 saturated heterocycles. The van der Waals surface area contributed by atoms with Crippen molar-refractivity contribution in [3.8, 4) is 0 Å². The molecule has 2 unspecified atom stereocenters. The molecule has 1 aliphatic heterocycles. The van der Waals surface area contributed by atoms with Gasteiger partial charge in [0, 0.05) is 6.20 Å². The van der Waals surface area contributed by atoms with Gasteiger partial charge in [0.25, 0.3) is 0 Å². The van der Waals surface area contributed by atoms with Crippen LogP contribution in [0.4, 0.5) is 0 Å². The van der Waals surface area contributed by atoms with Crippen LogP contribution >= 0.6 is 11.6 Å². The molecule has 1 aromatic heterocycles. The first kappa shape index (κ1) is 12.4. The molecule has 1 fully saturated rings. The van der Waals surface area contributed by atoms with Crippen molar-refractivity contribution in [1.29, 1.82) is 0 Å². The van der Waals surface area contributed by atoms with Crippen LogP contribution in [-0.2, 0) is 16.1 Å². The van der Waals surface area contributed by atoms with E-state index in [1.807, 2.05) is 12.2 Å². The summed E-state index contributed by atoms with van der Waals surface area (Å²) in [5.74, 6) is -0.498. The van der Waals surface area contributed by atoms with Crippen molar-refractivity contribution in [1.82, 2.24) is 9.88 Å². The van der Waals surface area contributed by atoms with E-state index in [1.54, 1.807) is 12.1 Å². The molecule has 1 aliphatic carbocycles. The number of carbonyl (C=O) groups excluding carboxylic acids is 2. The summed E-state index contributed by atoms with van der Waals surface area (Å²) in [5.41, 5.74) is 0.678. The van der Waals surface area contributed by atoms with Crippen molar-refractivity contribution in [3.05, 3.63) is 41.2 Å². The predicted molar refractivity (Wildman–Crippen MR) is 70.2 cm³/mol. The minimum absolute atomic E-state index is 0.0731. The number of allylic oxidation sites excluding steroid dienone is 2. The van der Waals surface area contributed by atoms with E-state index < -0.39 is 0 Å². The molecule has 2 amide bonds. The number of pyridine rings is 1. The fourth-order valence-electron chi connectivity index (χ4n) is 2.69. The fourth-order valence-corrected chi connectivity index (χ4v) is 2.80. The highest BCUT2D eigenvalue weighted by Gasteiger charge is 2.47. The van der Waals surface area contributed by atoms with Crippen LogP contribution in [0.5, 0.6) is 0 Å². The van der Waals surface area contributed by atoms with E-state index in [2.05, 4.69) is 4.98 Å². The van der Waals surface area contributed by atoms with Crippen molar-refractivity contribution < 1.29 is 9.59 Å². The molecule has 0 spiro atoms. The maximum absolute atomic E-state index is 12.2. The SMILES string of the molecule is O=C1C2CC=CCC2C(=O)N1Cc1ccc(Cl)cn1. The van der Waals surface area contributed by atoms with Gasteiger partial charge in [-0.15, -0.1) is 0 Å². The molecule has 5 heteroatoms. The first-order valence-corrected chi connectivity index (χ1v) is 6.65. The summed E-state index contributed by atoms with van der Waals surface area (Å²) >= 11 is 5.77. The Hall–Kier alpha value is -1.68. The molecular weight excluding hydrogens is 264 g/mol. The fraction of sp³-hybridized carbons (Fsp3) is 0.357. The normalized spacial score (nSPS) is 25.8. The highest BCUT2D eigenvalue weighted by molar-refractivity contribution is 6.30. The van der Waals surface area contributed by atoms with Crippen LogP contribution in [0.2, 0.25) is 5.02 Å². The van der Waals surface area contributed by atoms with Gasteiger partial charge in [0.1, 0.15) is 0 Å². The summed E-state index contributed by atoms with van der Waals surface area (Å²) in [6, 6.07) is 3.45. The smallest absolute Gasteiger partial charge is 0.233 e. The maximum Gasteiger partial charge on any atom is 0.233 e. The number of fused-ring (bicyclic) bond motifs is 1. The summed E-state index contributed by atoms with van der Waals surface area (Å²) in [4.78, 5) is 29.9. The monoisotopic (exact) mass is 276 g/mol. The lowest BCUT2D eigenvalue weighted by atomic mass is 9.85. The van der Waals surface area contributed by atoms with Crippen LogP contribution in [-0.4, -0.2) is 21.7 Å². The number of nitrogens with zero attached hydrogens (tertiary/aromatic N) is 2. The van der Waals surface area contributed by atoms with Gasteiger partial charge in [0.15, 0.2) is 0 Å². The summed E-state index contributed by atoms with van der Waals surface area (Å²) in [5, 5.41) is 0.542. The topological polar surface area (TPSA) is 50.3 Å². The maximum atomic E-state index is 12.2. The van der Waals surface area contributed by atoms with E-state index in [0.717, 1.165) is 0 Å².